The molecule has 1 aromatic heterocycles. The molecule has 2 aromatic rings. The number of fused-ring (bicyclic) bond motifs is 1. The van der Waals surface area contributed by atoms with E-state index in [-0.39, 0.29) is 12.4 Å². The van der Waals surface area contributed by atoms with Crippen molar-refractivity contribution in [2.45, 2.75) is 13.5 Å². The molecule has 17 heavy (non-hydrogen) atoms. The summed E-state index contributed by atoms with van der Waals surface area (Å²) in [6, 6.07) is 8.15. The Morgan fingerprint density at radius 1 is 1.29 bits per heavy atom. The van der Waals surface area contributed by atoms with Gasteiger partial charge in [-0.1, -0.05) is 12.1 Å². The molecular formula is C12H17ClN2O2. The van der Waals surface area contributed by atoms with Crippen LogP contribution < -0.4 is 21.8 Å². The third-order valence-electron chi connectivity index (χ3n) is 2.55. The summed E-state index contributed by atoms with van der Waals surface area (Å²) in [6.45, 7) is 4.32. The molecular weight excluding hydrogens is 240 g/mol. The van der Waals surface area contributed by atoms with Crippen LogP contribution in [0, 0.1) is 0 Å². The zero-order valence-electron chi connectivity index (χ0n) is 10.1. The lowest BCUT2D eigenvalue weighted by Gasteiger charge is -1.97. The third kappa shape index (κ3) is 2.90. The molecule has 0 amide bonds. The van der Waals surface area contributed by atoms with Crippen molar-refractivity contribution < 1.29 is 26.5 Å². The van der Waals surface area contributed by atoms with Crippen LogP contribution in [0.3, 0.4) is 0 Å². The minimum atomic E-state index is 0. The lowest BCUT2D eigenvalue weighted by molar-refractivity contribution is -0.675. The highest BCUT2D eigenvalue weighted by Crippen LogP contribution is 2.08. The van der Waals surface area contributed by atoms with Crippen LogP contribution in [0.5, 0.6) is 0 Å². The molecule has 0 atom stereocenters. The molecule has 0 aliphatic heterocycles. The molecule has 0 aliphatic carbocycles. The second kappa shape index (κ2) is 6.47. The topological polar surface area (TPSA) is 27.3 Å². The molecule has 0 N–H and O–H groups in total. The number of rotatable bonds is 5. The first kappa shape index (κ1) is 13.8. The first-order valence-corrected chi connectivity index (χ1v) is 5.48. The van der Waals surface area contributed by atoms with Gasteiger partial charge in [0.1, 0.15) is 13.7 Å². The van der Waals surface area contributed by atoms with Gasteiger partial charge in [-0.3, -0.25) is 0 Å². The van der Waals surface area contributed by atoms with Crippen molar-refractivity contribution in [2.24, 2.45) is 0 Å². The number of hydrogen-bond donors (Lipinski definition) is 0. The Morgan fingerprint density at radius 3 is 2.76 bits per heavy atom. The zero-order valence-corrected chi connectivity index (χ0v) is 10.9. The fraction of sp³-hybridized carbons (Fsp3) is 0.417. The van der Waals surface area contributed by atoms with Crippen molar-refractivity contribution >= 4 is 11.0 Å². The van der Waals surface area contributed by atoms with Crippen LogP contribution in [-0.2, 0) is 11.3 Å². The fourth-order valence-electron chi connectivity index (χ4n) is 1.78. The maximum Gasteiger partial charge on any atom is 0.285 e. The number of imidazole rings is 1. The van der Waals surface area contributed by atoms with E-state index in [9.17, 15) is 0 Å². The van der Waals surface area contributed by atoms with Gasteiger partial charge in [0.2, 0.25) is 5.52 Å². The lowest BCUT2D eigenvalue weighted by Crippen LogP contribution is -3.00. The van der Waals surface area contributed by atoms with Gasteiger partial charge in [-0.25, -0.2) is 4.57 Å². The first-order valence-electron chi connectivity index (χ1n) is 5.48. The number of halogens is 1. The van der Waals surface area contributed by atoms with E-state index in [0.717, 1.165) is 30.8 Å². The van der Waals surface area contributed by atoms with E-state index < -0.39 is 0 Å². The number of nitrogens with zero attached hydrogens (tertiary/aromatic N) is 2. The highest BCUT2D eigenvalue weighted by atomic mass is 35.5. The average Bonchev–Trinajstić information content (AvgIpc) is 2.68. The van der Waals surface area contributed by atoms with Crippen molar-refractivity contribution in [1.29, 1.82) is 0 Å². The summed E-state index contributed by atoms with van der Waals surface area (Å²) in [5, 5.41) is 0. The van der Waals surface area contributed by atoms with Crippen LogP contribution in [0.15, 0.2) is 30.6 Å². The Kier molecular flexibility index (Phi) is 5.25. The van der Waals surface area contributed by atoms with Crippen molar-refractivity contribution in [1.82, 2.24) is 4.73 Å². The molecule has 0 aliphatic rings. The molecule has 2 rings (SSSR count). The number of aromatic nitrogens is 2. The quantitative estimate of drug-likeness (QED) is 0.458. The maximum absolute atomic E-state index is 5.36. The Labute approximate surface area is 107 Å². The summed E-state index contributed by atoms with van der Waals surface area (Å²) in [7, 11) is 1.67. The van der Waals surface area contributed by atoms with E-state index in [1.54, 1.807) is 11.8 Å². The van der Waals surface area contributed by atoms with Crippen molar-refractivity contribution in [2.75, 3.05) is 20.3 Å². The molecule has 1 aromatic carbocycles. The standard InChI is InChI=1S/C12H17N2O2.ClH/c1-3-16-9-8-13-10-14(15-2)12-7-5-4-6-11(12)13;/h4-7,10H,3,8-9H2,1-2H3;1H/q+1;/p-1. The average molecular weight is 257 g/mol. The summed E-state index contributed by atoms with van der Waals surface area (Å²) < 4.78 is 9.26. The van der Waals surface area contributed by atoms with E-state index >= 15 is 0 Å². The van der Waals surface area contributed by atoms with Crippen molar-refractivity contribution in [3.05, 3.63) is 30.6 Å². The molecule has 0 unspecified atom stereocenters. The summed E-state index contributed by atoms with van der Waals surface area (Å²) in [5.41, 5.74) is 2.23. The largest absolute Gasteiger partial charge is 1.00 e. The molecule has 5 heteroatoms. The predicted molar refractivity (Wildman–Crippen MR) is 61.1 cm³/mol. The monoisotopic (exact) mass is 256 g/mol. The number of benzene rings is 1. The fourth-order valence-corrected chi connectivity index (χ4v) is 1.78. The first-order chi connectivity index (χ1) is 7.86. The summed E-state index contributed by atoms with van der Waals surface area (Å²) in [4.78, 5) is 5.27. The van der Waals surface area contributed by atoms with E-state index in [2.05, 4.69) is 10.6 Å². The highest BCUT2D eigenvalue weighted by Gasteiger charge is 2.14. The van der Waals surface area contributed by atoms with Crippen LogP contribution in [0.2, 0.25) is 0 Å². The Hall–Kier alpha value is -1.26. The summed E-state index contributed by atoms with van der Waals surface area (Å²) in [6.07, 6.45) is 1.95. The SMILES string of the molecule is CCOCC[n+]1cn(OC)c2ccccc21.[Cl-]. The van der Waals surface area contributed by atoms with E-state index in [0.29, 0.717) is 0 Å². The minimum absolute atomic E-state index is 0. The minimum Gasteiger partial charge on any atom is -1.00 e. The molecule has 0 saturated carbocycles. The van der Waals surface area contributed by atoms with Crippen LogP contribution in [0.1, 0.15) is 6.92 Å². The molecule has 0 saturated heterocycles. The van der Waals surface area contributed by atoms with Crippen molar-refractivity contribution in [3.8, 4) is 0 Å². The van der Waals surface area contributed by atoms with Crippen LogP contribution in [0.4, 0.5) is 0 Å². The number of hydrogen-bond acceptors (Lipinski definition) is 2. The smallest absolute Gasteiger partial charge is 0.285 e. The highest BCUT2D eigenvalue weighted by molar-refractivity contribution is 5.71. The Bertz CT molecular complexity index is 470. The van der Waals surface area contributed by atoms with Gasteiger partial charge in [0.05, 0.1) is 6.61 Å². The van der Waals surface area contributed by atoms with Gasteiger partial charge in [0, 0.05) is 6.61 Å². The van der Waals surface area contributed by atoms with Gasteiger partial charge < -0.3 is 22.0 Å². The summed E-state index contributed by atoms with van der Waals surface area (Å²) >= 11 is 0. The number of ether oxygens (including phenoxy) is 1. The van der Waals surface area contributed by atoms with Crippen LogP contribution in [0.25, 0.3) is 11.0 Å². The van der Waals surface area contributed by atoms with E-state index in [1.807, 2.05) is 31.5 Å². The van der Waals surface area contributed by atoms with Gasteiger partial charge in [0.25, 0.3) is 6.33 Å². The molecule has 0 spiro atoms. The third-order valence-corrected chi connectivity index (χ3v) is 2.55. The summed E-state index contributed by atoms with van der Waals surface area (Å²) in [5.74, 6) is 0. The van der Waals surface area contributed by atoms with Crippen LogP contribution >= 0.6 is 0 Å². The Balaban J connectivity index is 0.00000144. The number of para-hydroxylation sites is 2. The van der Waals surface area contributed by atoms with Gasteiger partial charge >= 0.3 is 0 Å². The molecule has 0 bridgehead atoms. The second-order valence-electron chi connectivity index (χ2n) is 3.50. The van der Waals surface area contributed by atoms with Gasteiger partial charge in [-0.2, -0.15) is 0 Å². The molecule has 0 radical (unpaired) electrons. The normalized spacial score (nSPS) is 10.2. The van der Waals surface area contributed by atoms with Gasteiger partial charge in [-0.15, -0.1) is 0 Å². The van der Waals surface area contributed by atoms with Gasteiger partial charge in [-0.05, 0) is 23.8 Å². The van der Waals surface area contributed by atoms with Crippen molar-refractivity contribution in [3.63, 3.8) is 0 Å². The molecule has 0 fully saturated rings. The maximum atomic E-state index is 5.36. The molecule has 94 valence electrons. The van der Waals surface area contributed by atoms with E-state index in [4.69, 9.17) is 9.57 Å². The van der Waals surface area contributed by atoms with E-state index in [1.165, 1.54) is 0 Å². The molecule has 4 nitrogen and oxygen atoms in total. The predicted octanol–water partition coefficient (Wildman–Crippen LogP) is -1.97. The Morgan fingerprint density at radius 2 is 2.06 bits per heavy atom. The van der Waals surface area contributed by atoms with Crippen LogP contribution in [-0.4, -0.2) is 25.1 Å². The lowest BCUT2D eigenvalue weighted by atomic mass is 10.3. The van der Waals surface area contributed by atoms with Gasteiger partial charge in [0.15, 0.2) is 5.52 Å². The molecule has 1 heterocycles. The second-order valence-corrected chi connectivity index (χ2v) is 3.50. The zero-order chi connectivity index (χ0) is 11.4.